The molecule has 1 aromatic carbocycles. The number of rotatable bonds is 3. The number of nitro benzene ring substituents is 1. The molecule has 0 aromatic heterocycles. The maximum Gasteiger partial charge on any atom is 0.273 e. The molecular formula is C13H20ClN3O4S. The minimum atomic E-state index is -3.73. The van der Waals surface area contributed by atoms with E-state index in [4.69, 9.17) is 0 Å². The summed E-state index contributed by atoms with van der Waals surface area (Å²) in [4.78, 5) is 10.4. The van der Waals surface area contributed by atoms with E-state index in [1.165, 1.54) is 16.4 Å². The van der Waals surface area contributed by atoms with Crippen molar-refractivity contribution in [1.82, 2.24) is 9.62 Å². The highest BCUT2D eigenvalue weighted by Gasteiger charge is 2.34. The third kappa shape index (κ3) is 3.57. The van der Waals surface area contributed by atoms with Crippen LogP contribution in [0.4, 0.5) is 5.69 Å². The molecule has 0 bridgehead atoms. The van der Waals surface area contributed by atoms with Gasteiger partial charge >= 0.3 is 0 Å². The number of sulfonamides is 1. The molecule has 1 N–H and O–H groups in total. The topological polar surface area (TPSA) is 92.6 Å². The Morgan fingerprint density at radius 3 is 2.59 bits per heavy atom. The van der Waals surface area contributed by atoms with Gasteiger partial charge in [-0.25, -0.2) is 8.42 Å². The van der Waals surface area contributed by atoms with Crippen molar-refractivity contribution in [2.24, 2.45) is 0 Å². The molecule has 2 unspecified atom stereocenters. The highest BCUT2D eigenvalue weighted by molar-refractivity contribution is 7.89. The summed E-state index contributed by atoms with van der Waals surface area (Å²) in [6.45, 7) is 6.23. The summed E-state index contributed by atoms with van der Waals surface area (Å²) >= 11 is 0. The van der Waals surface area contributed by atoms with Crippen molar-refractivity contribution in [3.05, 3.63) is 33.9 Å². The Balaban J connectivity index is 0.00000242. The second kappa shape index (κ2) is 6.91. The molecule has 0 saturated carbocycles. The Morgan fingerprint density at radius 1 is 1.36 bits per heavy atom. The van der Waals surface area contributed by atoms with Crippen LogP contribution in [-0.2, 0) is 10.0 Å². The molecular weight excluding hydrogens is 330 g/mol. The van der Waals surface area contributed by atoms with Gasteiger partial charge in [0.2, 0.25) is 10.0 Å². The molecule has 124 valence electrons. The van der Waals surface area contributed by atoms with Gasteiger partial charge in [-0.15, -0.1) is 12.4 Å². The Kier molecular flexibility index (Phi) is 5.91. The predicted octanol–water partition coefficient (Wildman–Crippen LogP) is 1.70. The lowest BCUT2D eigenvalue weighted by molar-refractivity contribution is -0.385. The van der Waals surface area contributed by atoms with Crippen LogP contribution >= 0.6 is 12.4 Å². The lowest BCUT2D eigenvalue weighted by atomic mass is 10.2. The van der Waals surface area contributed by atoms with Gasteiger partial charge < -0.3 is 5.32 Å². The molecule has 1 heterocycles. The maximum atomic E-state index is 12.7. The Bertz CT molecular complexity index is 665. The molecule has 1 aliphatic rings. The van der Waals surface area contributed by atoms with Crippen molar-refractivity contribution in [1.29, 1.82) is 0 Å². The van der Waals surface area contributed by atoms with Crippen LogP contribution in [0.5, 0.6) is 0 Å². The van der Waals surface area contributed by atoms with Crippen molar-refractivity contribution in [3.63, 3.8) is 0 Å². The van der Waals surface area contributed by atoms with Crippen LogP contribution < -0.4 is 5.32 Å². The summed E-state index contributed by atoms with van der Waals surface area (Å²) in [7, 11) is -3.73. The van der Waals surface area contributed by atoms with E-state index in [9.17, 15) is 18.5 Å². The summed E-state index contributed by atoms with van der Waals surface area (Å²) in [5, 5.41) is 14.2. The van der Waals surface area contributed by atoms with Crippen LogP contribution in [0.3, 0.4) is 0 Å². The molecule has 0 spiro atoms. The summed E-state index contributed by atoms with van der Waals surface area (Å²) in [6, 6.07) is 3.91. The highest BCUT2D eigenvalue weighted by Crippen LogP contribution is 2.26. The second-order valence-electron chi connectivity index (χ2n) is 5.44. The predicted molar refractivity (Wildman–Crippen MR) is 85.9 cm³/mol. The number of nitrogens with one attached hydrogen (secondary N) is 1. The molecule has 0 amide bonds. The Morgan fingerprint density at radius 2 is 2.00 bits per heavy atom. The molecule has 2 rings (SSSR count). The average molecular weight is 350 g/mol. The van der Waals surface area contributed by atoms with Gasteiger partial charge in [0, 0.05) is 36.8 Å². The molecule has 1 aliphatic heterocycles. The lowest BCUT2D eigenvalue weighted by Crippen LogP contribution is -2.56. The van der Waals surface area contributed by atoms with E-state index in [0.717, 1.165) is 6.07 Å². The second-order valence-corrected chi connectivity index (χ2v) is 7.33. The number of hydrogen-bond donors (Lipinski definition) is 1. The smallest absolute Gasteiger partial charge is 0.273 e. The molecule has 0 aliphatic carbocycles. The van der Waals surface area contributed by atoms with Gasteiger partial charge in [-0.1, -0.05) is 6.07 Å². The van der Waals surface area contributed by atoms with Crippen LogP contribution in [0.25, 0.3) is 0 Å². The lowest BCUT2D eigenvalue weighted by Gasteiger charge is -2.36. The van der Waals surface area contributed by atoms with Crippen molar-refractivity contribution in [2.45, 2.75) is 37.8 Å². The molecule has 9 heteroatoms. The number of benzene rings is 1. The zero-order valence-corrected chi connectivity index (χ0v) is 14.3. The van der Waals surface area contributed by atoms with Gasteiger partial charge in [0.25, 0.3) is 5.69 Å². The van der Waals surface area contributed by atoms with E-state index in [0.29, 0.717) is 18.7 Å². The van der Waals surface area contributed by atoms with Gasteiger partial charge in [-0.05, 0) is 26.8 Å². The number of nitrogens with zero attached hydrogens (tertiary/aromatic N) is 2. The first-order valence-electron chi connectivity index (χ1n) is 6.73. The number of nitro groups is 1. The largest absolute Gasteiger partial charge is 0.311 e. The van der Waals surface area contributed by atoms with Crippen LogP contribution in [-0.4, -0.2) is 42.8 Å². The SMILES string of the molecule is Cc1ccc(S(=O)(=O)N2CC(C)NCC2C)cc1[N+](=O)[O-].Cl. The first-order valence-corrected chi connectivity index (χ1v) is 8.17. The first kappa shape index (κ1) is 18.8. The fourth-order valence-electron chi connectivity index (χ4n) is 2.40. The fraction of sp³-hybridized carbons (Fsp3) is 0.538. The quantitative estimate of drug-likeness (QED) is 0.662. The Hall–Kier alpha value is -1.22. The molecule has 1 saturated heterocycles. The molecule has 1 fully saturated rings. The zero-order valence-electron chi connectivity index (χ0n) is 12.6. The average Bonchev–Trinajstić information content (AvgIpc) is 2.41. The number of piperazine rings is 1. The molecule has 0 radical (unpaired) electrons. The highest BCUT2D eigenvalue weighted by atomic mass is 35.5. The van der Waals surface area contributed by atoms with Gasteiger partial charge in [-0.2, -0.15) is 4.31 Å². The molecule has 2 atom stereocenters. The van der Waals surface area contributed by atoms with Crippen molar-refractivity contribution in [2.75, 3.05) is 13.1 Å². The van der Waals surface area contributed by atoms with Crippen LogP contribution in [0.2, 0.25) is 0 Å². The summed E-state index contributed by atoms with van der Waals surface area (Å²) < 4.78 is 26.8. The fourth-order valence-corrected chi connectivity index (χ4v) is 4.14. The van der Waals surface area contributed by atoms with Gasteiger partial charge in [0.1, 0.15) is 0 Å². The normalized spacial score (nSPS) is 22.9. The molecule has 22 heavy (non-hydrogen) atoms. The maximum absolute atomic E-state index is 12.7. The standard InChI is InChI=1S/C13H19N3O4S.ClH/c1-9-4-5-12(6-13(9)16(17)18)21(19,20)15-8-10(2)14-7-11(15)3;/h4-6,10-11,14H,7-8H2,1-3H3;1H. The third-order valence-electron chi connectivity index (χ3n) is 3.69. The van der Waals surface area contributed by atoms with Crippen molar-refractivity contribution in [3.8, 4) is 0 Å². The van der Waals surface area contributed by atoms with Crippen molar-refractivity contribution >= 4 is 28.1 Å². The summed E-state index contributed by atoms with van der Waals surface area (Å²) in [5.41, 5.74) is 0.271. The van der Waals surface area contributed by atoms with E-state index in [2.05, 4.69) is 5.32 Å². The van der Waals surface area contributed by atoms with E-state index in [1.807, 2.05) is 13.8 Å². The summed E-state index contributed by atoms with van der Waals surface area (Å²) in [6.07, 6.45) is 0. The molecule has 1 aromatic rings. The first-order chi connectivity index (χ1) is 9.73. The zero-order chi connectivity index (χ0) is 15.8. The number of hydrogen-bond acceptors (Lipinski definition) is 5. The van der Waals surface area contributed by atoms with E-state index >= 15 is 0 Å². The van der Waals surface area contributed by atoms with Crippen LogP contribution in [0, 0.1) is 17.0 Å². The van der Waals surface area contributed by atoms with Crippen LogP contribution in [0.1, 0.15) is 19.4 Å². The van der Waals surface area contributed by atoms with Gasteiger partial charge in [0.05, 0.1) is 9.82 Å². The minimum Gasteiger partial charge on any atom is -0.311 e. The van der Waals surface area contributed by atoms with E-state index in [-0.39, 0.29) is 35.1 Å². The number of halogens is 1. The number of aryl methyl sites for hydroxylation is 1. The van der Waals surface area contributed by atoms with Crippen molar-refractivity contribution < 1.29 is 13.3 Å². The summed E-state index contributed by atoms with van der Waals surface area (Å²) in [5.74, 6) is 0. The molecule has 7 nitrogen and oxygen atoms in total. The van der Waals surface area contributed by atoms with Gasteiger partial charge in [0.15, 0.2) is 0 Å². The minimum absolute atomic E-state index is 0. The monoisotopic (exact) mass is 349 g/mol. The third-order valence-corrected chi connectivity index (χ3v) is 5.67. The van der Waals surface area contributed by atoms with E-state index in [1.54, 1.807) is 6.92 Å². The van der Waals surface area contributed by atoms with E-state index < -0.39 is 14.9 Å². The van der Waals surface area contributed by atoms with Gasteiger partial charge in [-0.3, -0.25) is 10.1 Å². The Labute approximate surface area is 136 Å². The van der Waals surface area contributed by atoms with Crippen LogP contribution in [0.15, 0.2) is 23.1 Å².